The van der Waals surface area contributed by atoms with Crippen LogP contribution >= 0.6 is 0 Å². The predicted octanol–water partition coefficient (Wildman–Crippen LogP) is 3.50. The second kappa shape index (κ2) is 7.93. The molecule has 130 valence electrons. The number of amides is 1. The van der Waals surface area contributed by atoms with Crippen LogP contribution in [-0.2, 0) is 4.79 Å². The van der Waals surface area contributed by atoms with Crippen LogP contribution in [0.25, 0.3) is 10.4 Å². The Morgan fingerprint density at radius 2 is 2.21 bits per heavy atom. The van der Waals surface area contributed by atoms with Crippen LogP contribution in [0.4, 0.5) is 0 Å². The van der Waals surface area contributed by atoms with Gasteiger partial charge in [-0.3, -0.25) is 4.79 Å². The number of methoxy groups -OCH3 is 1. The summed E-state index contributed by atoms with van der Waals surface area (Å²) in [5.41, 5.74) is 9.64. The zero-order valence-corrected chi connectivity index (χ0v) is 14.6. The molecule has 0 aromatic heterocycles. The summed E-state index contributed by atoms with van der Waals surface area (Å²) in [6, 6.07) is 5.83. The van der Waals surface area contributed by atoms with E-state index >= 15 is 0 Å². The minimum Gasteiger partial charge on any atom is -0.493 e. The van der Waals surface area contributed by atoms with Crippen LogP contribution in [0.5, 0.6) is 11.5 Å². The van der Waals surface area contributed by atoms with E-state index in [9.17, 15) is 4.79 Å². The van der Waals surface area contributed by atoms with Crippen molar-refractivity contribution < 1.29 is 14.3 Å². The summed E-state index contributed by atoms with van der Waals surface area (Å²) in [7, 11) is 1.62. The van der Waals surface area contributed by atoms with Crippen LogP contribution in [0.3, 0.4) is 0 Å². The normalized spacial score (nSPS) is 20.0. The third kappa shape index (κ3) is 4.11. The molecule has 1 aromatic rings. The lowest BCUT2D eigenvalue weighted by molar-refractivity contribution is -0.129. The van der Waals surface area contributed by atoms with Crippen LogP contribution in [0.2, 0.25) is 0 Å². The molecule has 1 heterocycles. The van der Waals surface area contributed by atoms with Gasteiger partial charge in [-0.05, 0) is 43.5 Å². The van der Waals surface area contributed by atoms with Gasteiger partial charge in [0.25, 0.3) is 0 Å². The van der Waals surface area contributed by atoms with Gasteiger partial charge in [0.2, 0.25) is 5.91 Å². The molecule has 1 aromatic carbocycles. The number of nitrogens with zero attached hydrogens (tertiary/aromatic N) is 4. The number of hydrogen-bond acceptors (Lipinski definition) is 4. The zero-order valence-electron chi connectivity index (χ0n) is 14.6. The highest BCUT2D eigenvalue weighted by Gasteiger charge is 2.34. The highest BCUT2D eigenvalue weighted by atomic mass is 16.5. The highest BCUT2D eigenvalue weighted by Crippen LogP contribution is 2.37. The second-order valence-electron chi connectivity index (χ2n) is 6.25. The SMILES string of the molecule is COc1ccc([C@@H]2C[C@H](CN=[N+]=[N-])N(C(C)=O)C2)cc1OC(C)C. The minimum absolute atomic E-state index is 0.00260. The first-order valence-corrected chi connectivity index (χ1v) is 8.08. The number of hydrogen-bond donors (Lipinski definition) is 0. The van der Waals surface area contributed by atoms with Gasteiger partial charge in [0.1, 0.15) is 0 Å². The summed E-state index contributed by atoms with van der Waals surface area (Å²) in [6.45, 7) is 6.41. The molecule has 7 nitrogen and oxygen atoms in total. The molecule has 1 saturated heterocycles. The van der Waals surface area contributed by atoms with Crippen molar-refractivity contribution in [3.8, 4) is 11.5 Å². The molecule has 24 heavy (non-hydrogen) atoms. The van der Waals surface area contributed by atoms with E-state index in [1.54, 1.807) is 18.9 Å². The van der Waals surface area contributed by atoms with E-state index in [4.69, 9.17) is 15.0 Å². The Hall–Kier alpha value is -2.40. The van der Waals surface area contributed by atoms with Gasteiger partial charge in [0.05, 0.1) is 13.2 Å². The number of benzene rings is 1. The Morgan fingerprint density at radius 1 is 1.46 bits per heavy atom. The number of carbonyl (C=O) groups is 1. The Bertz CT molecular complexity index is 641. The van der Waals surface area contributed by atoms with Crippen molar-refractivity contribution in [1.29, 1.82) is 0 Å². The standard InChI is InChI=1S/C17H24N4O3/c1-11(2)24-17-8-13(5-6-16(17)23-4)14-7-15(9-19-20-18)21(10-14)12(3)22/h5-6,8,11,14-15H,7,9-10H2,1-4H3/t14-,15-/m1/s1. The van der Waals surface area contributed by atoms with E-state index in [2.05, 4.69) is 10.0 Å². The van der Waals surface area contributed by atoms with Crippen molar-refractivity contribution in [3.63, 3.8) is 0 Å². The van der Waals surface area contributed by atoms with E-state index in [1.165, 1.54) is 0 Å². The molecule has 0 unspecified atom stereocenters. The van der Waals surface area contributed by atoms with Crippen molar-refractivity contribution in [1.82, 2.24) is 4.90 Å². The molecule has 0 bridgehead atoms. The fraction of sp³-hybridized carbons (Fsp3) is 0.588. The fourth-order valence-corrected chi connectivity index (χ4v) is 3.14. The molecule has 0 radical (unpaired) electrons. The molecule has 1 fully saturated rings. The third-order valence-electron chi connectivity index (χ3n) is 4.20. The molecule has 2 rings (SSSR count). The molecule has 1 aliphatic rings. The van der Waals surface area contributed by atoms with Crippen molar-refractivity contribution >= 4 is 5.91 Å². The van der Waals surface area contributed by atoms with Crippen molar-refractivity contribution in [3.05, 3.63) is 34.2 Å². The zero-order chi connectivity index (χ0) is 17.7. The van der Waals surface area contributed by atoms with Gasteiger partial charge in [-0.15, -0.1) is 0 Å². The lowest BCUT2D eigenvalue weighted by Gasteiger charge is -2.21. The van der Waals surface area contributed by atoms with Crippen molar-refractivity contribution in [2.24, 2.45) is 5.11 Å². The Kier molecular flexibility index (Phi) is 5.93. The summed E-state index contributed by atoms with van der Waals surface area (Å²) < 4.78 is 11.2. The lowest BCUT2D eigenvalue weighted by Crippen LogP contribution is -2.35. The van der Waals surface area contributed by atoms with Crippen LogP contribution < -0.4 is 9.47 Å². The van der Waals surface area contributed by atoms with E-state index < -0.39 is 0 Å². The lowest BCUT2D eigenvalue weighted by atomic mass is 9.96. The molecule has 0 saturated carbocycles. The maximum Gasteiger partial charge on any atom is 0.219 e. The maximum absolute atomic E-state index is 11.9. The number of rotatable bonds is 6. The molecule has 1 amide bonds. The highest BCUT2D eigenvalue weighted by molar-refractivity contribution is 5.74. The molecule has 0 spiro atoms. The first-order valence-electron chi connectivity index (χ1n) is 8.08. The Balaban J connectivity index is 2.24. The molecule has 1 aliphatic heterocycles. The van der Waals surface area contributed by atoms with Crippen LogP contribution in [-0.4, -0.2) is 43.2 Å². The molecule has 2 atom stereocenters. The van der Waals surface area contributed by atoms with Crippen LogP contribution in [0, 0.1) is 0 Å². The van der Waals surface area contributed by atoms with Gasteiger partial charge in [0.15, 0.2) is 11.5 Å². The fourth-order valence-electron chi connectivity index (χ4n) is 3.14. The van der Waals surface area contributed by atoms with E-state index in [-0.39, 0.29) is 24.0 Å². The Labute approximate surface area is 142 Å². The topological polar surface area (TPSA) is 87.5 Å². The van der Waals surface area contributed by atoms with E-state index in [1.807, 2.05) is 32.0 Å². The summed E-state index contributed by atoms with van der Waals surface area (Å²) >= 11 is 0. The average molecular weight is 332 g/mol. The smallest absolute Gasteiger partial charge is 0.219 e. The monoisotopic (exact) mass is 332 g/mol. The summed E-state index contributed by atoms with van der Waals surface area (Å²) in [4.78, 5) is 16.5. The minimum atomic E-state index is -0.0556. The van der Waals surface area contributed by atoms with Gasteiger partial charge in [0, 0.05) is 36.9 Å². The van der Waals surface area contributed by atoms with Gasteiger partial charge < -0.3 is 14.4 Å². The summed E-state index contributed by atoms with van der Waals surface area (Å²) in [6.07, 6.45) is 0.815. The molecule has 7 heteroatoms. The molecular formula is C17H24N4O3. The van der Waals surface area contributed by atoms with Crippen LogP contribution in [0.1, 0.15) is 38.7 Å². The van der Waals surface area contributed by atoms with Gasteiger partial charge in [-0.1, -0.05) is 11.2 Å². The number of likely N-dealkylation sites (tertiary alicyclic amines) is 1. The average Bonchev–Trinajstić information content (AvgIpc) is 2.96. The number of carbonyl (C=O) groups excluding carboxylic acids is 1. The first kappa shape index (κ1) is 17.9. The van der Waals surface area contributed by atoms with Gasteiger partial charge in [-0.2, -0.15) is 0 Å². The van der Waals surface area contributed by atoms with Crippen molar-refractivity contribution in [2.45, 2.75) is 45.3 Å². The largest absolute Gasteiger partial charge is 0.493 e. The molecule has 0 aliphatic carbocycles. The van der Waals surface area contributed by atoms with Gasteiger partial charge in [-0.25, -0.2) is 0 Å². The first-order chi connectivity index (χ1) is 11.5. The quantitative estimate of drug-likeness (QED) is 0.454. The predicted molar refractivity (Wildman–Crippen MR) is 91.3 cm³/mol. The van der Waals surface area contributed by atoms with Crippen molar-refractivity contribution in [2.75, 3.05) is 20.2 Å². The number of azide groups is 1. The summed E-state index contributed by atoms with van der Waals surface area (Å²) in [5, 5.41) is 3.64. The number of ether oxygens (including phenoxy) is 2. The van der Waals surface area contributed by atoms with E-state index in [0.717, 1.165) is 12.0 Å². The van der Waals surface area contributed by atoms with Crippen LogP contribution in [0.15, 0.2) is 23.3 Å². The Morgan fingerprint density at radius 3 is 2.79 bits per heavy atom. The molecule has 0 N–H and O–H groups in total. The van der Waals surface area contributed by atoms with E-state index in [0.29, 0.717) is 24.6 Å². The second-order valence-corrected chi connectivity index (χ2v) is 6.25. The van der Waals surface area contributed by atoms with Gasteiger partial charge >= 0.3 is 0 Å². The maximum atomic E-state index is 11.9. The summed E-state index contributed by atoms with van der Waals surface area (Å²) in [5.74, 6) is 1.59. The molecular weight excluding hydrogens is 308 g/mol. The third-order valence-corrected chi connectivity index (χ3v) is 4.20.